The molecule has 2 aliphatic heterocycles. The highest BCUT2D eigenvalue weighted by molar-refractivity contribution is 5.79. The molecule has 5 rings (SSSR count). The van der Waals surface area contributed by atoms with Gasteiger partial charge in [-0.15, -0.1) is 10.2 Å². The number of aromatic nitrogens is 3. The van der Waals surface area contributed by atoms with E-state index in [0.29, 0.717) is 25.3 Å². The molecule has 0 spiro atoms. The maximum absolute atomic E-state index is 13.1. The molecule has 0 N–H and O–H groups in total. The summed E-state index contributed by atoms with van der Waals surface area (Å²) in [5.41, 5.74) is 2.16. The van der Waals surface area contributed by atoms with Gasteiger partial charge in [0.15, 0.2) is 17.3 Å². The van der Waals surface area contributed by atoms with E-state index in [0.717, 1.165) is 29.4 Å². The second kappa shape index (κ2) is 7.24. The fourth-order valence-corrected chi connectivity index (χ4v) is 4.14. The lowest BCUT2D eigenvalue weighted by Gasteiger charge is -2.34. The predicted octanol–water partition coefficient (Wildman–Crippen LogP) is 2.68. The molecule has 0 saturated heterocycles. The Labute approximate surface area is 168 Å². The molecule has 1 atom stereocenters. The third-order valence-electron chi connectivity index (χ3n) is 5.52. The zero-order valence-corrected chi connectivity index (χ0v) is 16.2. The highest BCUT2D eigenvalue weighted by atomic mass is 16.7. The Morgan fingerprint density at radius 3 is 2.76 bits per heavy atom. The van der Waals surface area contributed by atoms with Crippen molar-refractivity contribution in [2.24, 2.45) is 0 Å². The van der Waals surface area contributed by atoms with Crippen LogP contribution in [0.2, 0.25) is 0 Å². The first-order chi connectivity index (χ1) is 14.2. The first kappa shape index (κ1) is 17.7. The minimum atomic E-state index is 0.0776. The van der Waals surface area contributed by atoms with Crippen LogP contribution in [-0.2, 0) is 24.2 Å². The molecule has 0 fully saturated rings. The van der Waals surface area contributed by atoms with E-state index in [2.05, 4.69) is 26.9 Å². The third-order valence-corrected chi connectivity index (χ3v) is 5.52. The van der Waals surface area contributed by atoms with E-state index in [1.54, 1.807) is 0 Å². The summed E-state index contributed by atoms with van der Waals surface area (Å²) in [6, 6.07) is 16.1. The van der Waals surface area contributed by atoms with Crippen LogP contribution in [0.15, 0.2) is 48.5 Å². The number of ether oxygens (including phenoxy) is 2. The van der Waals surface area contributed by atoms with E-state index >= 15 is 0 Å². The monoisotopic (exact) mass is 390 g/mol. The fourth-order valence-electron chi connectivity index (χ4n) is 4.14. The van der Waals surface area contributed by atoms with Crippen molar-refractivity contribution in [3.05, 3.63) is 71.3 Å². The minimum Gasteiger partial charge on any atom is -0.454 e. The number of hydrogen-bond acceptors (Lipinski definition) is 5. The number of aryl methyl sites for hydroxylation is 1. The van der Waals surface area contributed by atoms with Gasteiger partial charge in [0, 0.05) is 6.54 Å². The lowest BCUT2D eigenvalue weighted by atomic mass is 10.0. The molecule has 0 aliphatic carbocycles. The van der Waals surface area contributed by atoms with Crippen molar-refractivity contribution in [2.75, 3.05) is 13.3 Å². The highest BCUT2D eigenvalue weighted by Gasteiger charge is 2.30. The van der Waals surface area contributed by atoms with Crippen LogP contribution in [0.3, 0.4) is 0 Å². The van der Waals surface area contributed by atoms with E-state index in [9.17, 15) is 4.79 Å². The fraction of sp³-hybridized carbons (Fsp3) is 0.318. The van der Waals surface area contributed by atoms with Gasteiger partial charge in [-0.05, 0) is 36.6 Å². The summed E-state index contributed by atoms with van der Waals surface area (Å²) in [5, 5.41) is 8.57. The molecular formula is C22H22N4O3. The van der Waals surface area contributed by atoms with Gasteiger partial charge >= 0.3 is 0 Å². The largest absolute Gasteiger partial charge is 0.454 e. The van der Waals surface area contributed by atoms with Crippen molar-refractivity contribution in [1.29, 1.82) is 0 Å². The van der Waals surface area contributed by atoms with Crippen molar-refractivity contribution >= 4 is 5.91 Å². The summed E-state index contributed by atoms with van der Waals surface area (Å²) in [5.74, 6) is 3.24. The summed E-state index contributed by atoms with van der Waals surface area (Å²) < 4.78 is 13.0. The number of carbonyl (C=O) groups excluding carboxylic acids is 1. The Bertz CT molecular complexity index is 1050. The third kappa shape index (κ3) is 3.44. The summed E-state index contributed by atoms with van der Waals surface area (Å²) in [6.07, 6.45) is 1.16. The average molecular weight is 390 g/mol. The van der Waals surface area contributed by atoms with Gasteiger partial charge in [0.2, 0.25) is 12.7 Å². The first-order valence-electron chi connectivity index (χ1n) is 9.78. The second-order valence-corrected chi connectivity index (χ2v) is 7.52. The standard InChI is InChI=1S/C22H22N4O3/c1-15-23-24-21-13-25(12-18(26(15)21)9-16-5-3-2-4-6-16)22(27)11-17-7-8-19-20(10-17)29-14-28-19/h2-8,10,18H,9,11-14H2,1H3/t18-/m1/s1. The average Bonchev–Trinajstić information content (AvgIpc) is 3.35. The summed E-state index contributed by atoms with van der Waals surface area (Å²) >= 11 is 0. The molecule has 1 amide bonds. The van der Waals surface area contributed by atoms with Crippen LogP contribution >= 0.6 is 0 Å². The van der Waals surface area contributed by atoms with Gasteiger partial charge in [0.05, 0.1) is 19.0 Å². The van der Waals surface area contributed by atoms with Gasteiger partial charge < -0.3 is 18.9 Å². The van der Waals surface area contributed by atoms with E-state index in [1.165, 1.54) is 5.56 Å². The van der Waals surface area contributed by atoms with Crippen LogP contribution in [0.25, 0.3) is 0 Å². The van der Waals surface area contributed by atoms with Gasteiger partial charge in [-0.2, -0.15) is 0 Å². The number of amides is 1. The molecule has 7 heteroatoms. The highest BCUT2D eigenvalue weighted by Crippen LogP contribution is 2.33. The van der Waals surface area contributed by atoms with Crippen molar-refractivity contribution < 1.29 is 14.3 Å². The Morgan fingerprint density at radius 2 is 1.90 bits per heavy atom. The van der Waals surface area contributed by atoms with E-state index in [-0.39, 0.29) is 18.7 Å². The topological polar surface area (TPSA) is 69.5 Å². The lowest BCUT2D eigenvalue weighted by Crippen LogP contribution is -2.42. The molecule has 3 heterocycles. The SMILES string of the molecule is Cc1nnc2n1[C@H](Cc1ccccc1)CN(C(=O)Cc1ccc3c(c1)OCO3)C2. The smallest absolute Gasteiger partial charge is 0.231 e. The number of nitrogens with zero attached hydrogens (tertiary/aromatic N) is 4. The molecule has 148 valence electrons. The molecule has 3 aromatic rings. The minimum absolute atomic E-state index is 0.0776. The Balaban J connectivity index is 1.36. The van der Waals surface area contributed by atoms with Crippen molar-refractivity contribution in [3.8, 4) is 11.5 Å². The van der Waals surface area contributed by atoms with E-state index in [1.807, 2.05) is 48.2 Å². The van der Waals surface area contributed by atoms with Gasteiger partial charge in [-0.25, -0.2) is 0 Å². The molecule has 0 saturated carbocycles. The number of fused-ring (bicyclic) bond motifs is 2. The normalized spacial score (nSPS) is 17.3. The zero-order chi connectivity index (χ0) is 19.8. The summed E-state index contributed by atoms with van der Waals surface area (Å²) in [7, 11) is 0. The van der Waals surface area contributed by atoms with E-state index in [4.69, 9.17) is 9.47 Å². The van der Waals surface area contributed by atoms with Gasteiger partial charge in [0.1, 0.15) is 5.82 Å². The Kier molecular flexibility index (Phi) is 4.42. The maximum atomic E-state index is 13.1. The van der Waals surface area contributed by atoms with Crippen molar-refractivity contribution in [3.63, 3.8) is 0 Å². The molecule has 29 heavy (non-hydrogen) atoms. The van der Waals surface area contributed by atoms with Gasteiger partial charge in [0.25, 0.3) is 0 Å². The molecule has 2 aliphatic rings. The van der Waals surface area contributed by atoms with Crippen LogP contribution in [-0.4, -0.2) is 38.9 Å². The van der Waals surface area contributed by atoms with Crippen LogP contribution in [0.1, 0.15) is 28.8 Å². The van der Waals surface area contributed by atoms with Gasteiger partial charge in [-0.1, -0.05) is 36.4 Å². The summed E-state index contributed by atoms with van der Waals surface area (Å²) in [6.45, 7) is 3.33. The molecular weight excluding hydrogens is 368 g/mol. The maximum Gasteiger partial charge on any atom is 0.231 e. The molecule has 0 radical (unpaired) electrons. The lowest BCUT2D eigenvalue weighted by molar-refractivity contribution is -0.132. The van der Waals surface area contributed by atoms with Crippen LogP contribution < -0.4 is 9.47 Å². The quantitative estimate of drug-likeness (QED) is 0.685. The molecule has 1 aromatic heterocycles. The first-order valence-corrected chi connectivity index (χ1v) is 9.78. The number of benzene rings is 2. The van der Waals surface area contributed by atoms with Crippen LogP contribution in [0.5, 0.6) is 11.5 Å². The number of rotatable bonds is 4. The zero-order valence-electron chi connectivity index (χ0n) is 16.2. The predicted molar refractivity (Wildman–Crippen MR) is 106 cm³/mol. The molecule has 2 aromatic carbocycles. The van der Waals surface area contributed by atoms with E-state index < -0.39 is 0 Å². The molecule has 0 unspecified atom stereocenters. The van der Waals surface area contributed by atoms with Crippen LogP contribution in [0, 0.1) is 6.92 Å². The Morgan fingerprint density at radius 1 is 1.07 bits per heavy atom. The number of carbonyl (C=O) groups is 1. The molecule has 7 nitrogen and oxygen atoms in total. The van der Waals surface area contributed by atoms with Gasteiger partial charge in [-0.3, -0.25) is 4.79 Å². The summed E-state index contributed by atoms with van der Waals surface area (Å²) in [4.78, 5) is 15.0. The van der Waals surface area contributed by atoms with Crippen molar-refractivity contribution in [2.45, 2.75) is 32.4 Å². The van der Waals surface area contributed by atoms with Crippen LogP contribution in [0.4, 0.5) is 0 Å². The Hall–Kier alpha value is -3.35. The second-order valence-electron chi connectivity index (χ2n) is 7.52. The number of hydrogen-bond donors (Lipinski definition) is 0. The van der Waals surface area contributed by atoms with Crippen molar-refractivity contribution in [1.82, 2.24) is 19.7 Å². The molecule has 0 bridgehead atoms.